The van der Waals surface area contributed by atoms with Crippen LogP contribution in [0.3, 0.4) is 0 Å². The van der Waals surface area contributed by atoms with Crippen LogP contribution in [0.25, 0.3) is 88.0 Å². The Morgan fingerprint density at radius 1 is 0.310 bits per heavy atom. The number of anilines is 3. The molecule has 11 aromatic rings. The molecule has 272 valence electrons. The maximum absolute atomic E-state index is 6.63. The highest BCUT2D eigenvalue weighted by atomic mass is 16.3. The van der Waals surface area contributed by atoms with Gasteiger partial charge in [0.25, 0.3) is 0 Å². The van der Waals surface area contributed by atoms with Crippen molar-refractivity contribution < 1.29 is 4.42 Å². The van der Waals surface area contributed by atoms with Gasteiger partial charge in [-0.15, -0.1) is 0 Å². The van der Waals surface area contributed by atoms with Gasteiger partial charge in [0.1, 0.15) is 11.2 Å². The van der Waals surface area contributed by atoms with Gasteiger partial charge in [-0.25, -0.2) is 0 Å². The van der Waals surface area contributed by atoms with Crippen molar-refractivity contribution in [3.63, 3.8) is 0 Å². The van der Waals surface area contributed by atoms with Gasteiger partial charge in [0.2, 0.25) is 0 Å². The Labute approximate surface area is 337 Å². The first-order valence-electron chi connectivity index (χ1n) is 19.8. The number of fused-ring (bicyclic) bond motifs is 6. The van der Waals surface area contributed by atoms with Gasteiger partial charge in [0.15, 0.2) is 0 Å². The molecule has 2 heteroatoms. The number of furan rings is 1. The Morgan fingerprint density at radius 3 is 1.60 bits per heavy atom. The average Bonchev–Trinajstić information content (AvgIpc) is 3.70. The second-order valence-corrected chi connectivity index (χ2v) is 14.8. The molecule has 10 aromatic carbocycles. The Bertz CT molecular complexity index is 3260. The van der Waals surface area contributed by atoms with E-state index in [4.69, 9.17) is 4.42 Å². The highest BCUT2D eigenvalue weighted by Crippen LogP contribution is 2.46. The van der Waals surface area contributed by atoms with Crippen molar-refractivity contribution in [3.8, 4) is 44.5 Å². The fourth-order valence-corrected chi connectivity index (χ4v) is 8.75. The zero-order valence-corrected chi connectivity index (χ0v) is 31.7. The highest BCUT2D eigenvalue weighted by Gasteiger charge is 2.21. The van der Waals surface area contributed by atoms with Gasteiger partial charge in [-0.1, -0.05) is 182 Å². The summed E-state index contributed by atoms with van der Waals surface area (Å²) in [5, 5.41) is 7.16. The summed E-state index contributed by atoms with van der Waals surface area (Å²) < 4.78 is 6.63. The minimum absolute atomic E-state index is 0.890. The molecule has 2 nitrogen and oxygen atoms in total. The maximum atomic E-state index is 6.63. The van der Waals surface area contributed by atoms with Gasteiger partial charge in [-0.2, -0.15) is 0 Å². The summed E-state index contributed by atoms with van der Waals surface area (Å²) in [5.41, 5.74) is 14.3. The Kier molecular flexibility index (Phi) is 8.19. The third-order valence-corrected chi connectivity index (χ3v) is 11.5. The quantitative estimate of drug-likeness (QED) is 0.151. The third kappa shape index (κ3) is 5.74. The standard InChI is InChI=1S/C56H37NO/c1-4-15-38(16-5-1)46-34-32-44(37-52(46)40-19-8-3-9-20-40)57(53-25-14-24-49-45-22-11-10-21-41(45)29-33-50(49)53)43-30-27-42(28-31-43)47-35-36-48(39-17-6-2-7-18-39)56-55(47)51-23-12-13-26-54(51)58-56/h1-37H. The molecule has 11 rings (SSSR count). The molecule has 0 saturated carbocycles. The molecule has 58 heavy (non-hydrogen) atoms. The number of nitrogens with zero attached hydrogens (tertiary/aromatic N) is 1. The van der Waals surface area contributed by atoms with Crippen LogP contribution in [0.4, 0.5) is 17.1 Å². The van der Waals surface area contributed by atoms with Crippen LogP contribution in [0.5, 0.6) is 0 Å². The van der Waals surface area contributed by atoms with Crippen molar-refractivity contribution in [1.82, 2.24) is 0 Å². The van der Waals surface area contributed by atoms with Crippen molar-refractivity contribution in [2.75, 3.05) is 4.90 Å². The van der Waals surface area contributed by atoms with Gasteiger partial charge in [0.05, 0.1) is 5.69 Å². The van der Waals surface area contributed by atoms with E-state index in [2.05, 4.69) is 223 Å². The number of hydrogen-bond donors (Lipinski definition) is 0. The van der Waals surface area contributed by atoms with Crippen molar-refractivity contribution in [2.24, 2.45) is 0 Å². The molecule has 0 bridgehead atoms. The van der Waals surface area contributed by atoms with E-state index in [9.17, 15) is 0 Å². The van der Waals surface area contributed by atoms with Crippen LogP contribution >= 0.6 is 0 Å². The van der Waals surface area contributed by atoms with Crippen molar-refractivity contribution in [2.45, 2.75) is 0 Å². The molecule has 0 saturated heterocycles. The number of hydrogen-bond acceptors (Lipinski definition) is 2. The number of rotatable bonds is 7. The predicted octanol–water partition coefficient (Wildman–Crippen LogP) is 16.0. The predicted molar refractivity (Wildman–Crippen MR) is 245 cm³/mol. The Morgan fingerprint density at radius 2 is 0.862 bits per heavy atom. The fraction of sp³-hybridized carbons (Fsp3) is 0. The largest absolute Gasteiger partial charge is 0.455 e. The lowest BCUT2D eigenvalue weighted by Gasteiger charge is -2.28. The van der Waals surface area contributed by atoms with Crippen molar-refractivity contribution >= 4 is 60.5 Å². The molecule has 0 atom stereocenters. The first-order chi connectivity index (χ1) is 28.8. The molecule has 0 unspecified atom stereocenters. The van der Waals surface area contributed by atoms with E-state index >= 15 is 0 Å². The minimum Gasteiger partial charge on any atom is -0.455 e. The van der Waals surface area contributed by atoms with Crippen molar-refractivity contribution in [3.05, 3.63) is 224 Å². The third-order valence-electron chi connectivity index (χ3n) is 11.5. The van der Waals surface area contributed by atoms with Crippen LogP contribution in [0, 0.1) is 0 Å². The molecular weight excluding hydrogens is 703 g/mol. The van der Waals surface area contributed by atoms with Gasteiger partial charge >= 0.3 is 0 Å². The zero-order chi connectivity index (χ0) is 38.4. The second kappa shape index (κ2) is 14.1. The topological polar surface area (TPSA) is 16.4 Å². The molecule has 0 fully saturated rings. The average molecular weight is 740 g/mol. The van der Waals surface area contributed by atoms with Gasteiger partial charge in [0, 0.05) is 33.1 Å². The van der Waals surface area contributed by atoms with E-state index in [1.165, 1.54) is 43.8 Å². The molecule has 0 radical (unpaired) electrons. The monoisotopic (exact) mass is 739 g/mol. The molecule has 1 heterocycles. The van der Waals surface area contributed by atoms with Crippen LogP contribution in [-0.4, -0.2) is 0 Å². The molecule has 0 aliphatic heterocycles. The summed E-state index contributed by atoms with van der Waals surface area (Å²) in [6.07, 6.45) is 0. The molecular formula is C56H37NO. The van der Waals surface area contributed by atoms with Crippen molar-refractivity contribution in [1.29, 1.82) is 0 Å². The lowest BCUT2D eigenvalue weighted by Crippen LogP contribution is -2.11. The molecule has 0 amide bonds. The highest BCUT2D eigenvalue weighted by molar-refractivity contribution is 6.16. The van der Waals surface area contributed by atoms with Crippen LogP contribution in [0.2, 0.25) is 0 Å². The fourth-order valence-electron chi connectivity index (χ4n) is 8.75. The molecule has 0 aliphatic carbocycles. The van der Waals surface area contributed by atoms with E-state index in [1.54, 1.807) is 0 Å². The zero-order valence-electron chi connectivity index (χ0n) is 31.7. The first kappa shape index (κ1) is 33.6. The summed E-state index contributed by atoms with van der Waals surface area (Å²) in [7, 11) is 0. The molecule has 0 aliphatic rings. The SMILES string of the molecule is c1ccc(-c2ccc(N(c3ccc(-c4ccc(-c5ccccc5)c5oc6ccccc6c45)cc3)c3cccc4c3ccc3ccccc34)cc2-c2ccccc2)cc1. The van der Waals surface area contributed by atoms with Gasteiger partial charge in [-0.3, -0.25) is 0 Å². The van der Waals surface area contributed by atoms with E-state index < -0.39 is 0 Å². The normalized spacial score (nSPS) is 11.4. The van der Waals surface area contributed by atoms with Crippen LogP contribution in [-0.2, 0) is 0 Å². The van der Waals surface area contributed by atoms with Gasteiger partial charge in [-0.05, 0) is 97.6 Å². The lowest BCUT2D eigenvalue weighted by atomic mass is 9.93. The minimum atomic E-state index is 0.890. The van der Waals surface area contributed by atoms with E-state index in [-0.39, 0.29) is 0 Å². The smallest absolute Gasteiger partial charge is 0.143 e. The lowest BCUT2D eigenvalue weighted by molar-refractivity contribution is 0.670. The Hall–Kier alpha value is -7.68. The molecule has 1 aromatic heterocycles. The van der Waals surface area contributed by atoms with E-state index in [1.807, 2.05) is 6.07 Å². The summed E-state index contributed by atoms with van der Waals surface area (Å²) in [4.78, 5) is 2.42. The summed E-state index contributed by atoms with van der Waals surface area (Å²) >= 11 is 0. The first-order valence-corrected chi connectivity index (χ1v) is 19.8. The van der Waals surface area contributed by atoms with Crippen LogP contribution in [0.15, 0.2) is 229 Å². The Balaban J connectivity index is 1.11. The number of benzene rings is 10. The van der Waals surface area contributed by atoms with E-state index in [0.717, 1.165) is 61.3 Å². The number of para-hydroxylation sites is 1. The maximum Gasteiger partial charge on any atom is 0.143 e. The summed E-state index contributed by atoms with van der Waals surface area (Å²) in [5.74, 6) is 0. The summed E-state index contributed by atoms with van der Waals surface area (Å²) in [6.45, 7) is 0. The molecule has 0 spiro atoms. The van der Waals surface area contributed by atoms with Crippen LogP contribution < -0.4 is 4.90 Å². The molecule has 0 N–H and O–H groups in total. The second-order valence-electron chi connectivity index (χ2n) is 14.8. The van der Waals surface area contributed by atoms with Gasteiger partial charge < -0.3 is 9.32 Å². The summed E-state index contributed by atoms with van der Waals surface area (Å²) in [6, 6.07) is 80.6. The van der Waals surface area contributed by atoms with Crippen LogP contribution in [0.1, 0.15) is 0 Å². The van der Waals surface area contributed by atoms with E-state index in [0.29, 0.717) is 0 Å².